The largest absolute Gasteiger partial charge is 0.397 e. The van der Waals surface area contributed by atoms with E-state index in [0.29, 0.717) is 33.2 Å². The number of carbonyl (C=O) groups excluding carboxylic acids is 1. The fourth-order valence-corrected chi connectivity index (χ4v) is 4.31. The van der Waals surface area contributed by atoms with Crippen molar-refractivity contribution < 1.29 is 9.18 Å². The second-order valence-electron chi connectivity index (χ2n) is 6.57. The highest BCUT2D eigenvalue weighted by Gasteiger charge is 2.24. The molecule has 146 valence electrons. The zero-order valence-electron chi connectivity index (χ0n) is 16.0. The summed E-state index contributed by atoms with van der Waals surface area (Å²) in [7, 11) is 0. The van der Waals surface area contributed by atoms with Crippen LogP contribution in [0.2, 0.25) is 0 Å². The van der Waals surface area contributed by atoms with Gasteiger partial charge in [-0.05, 0) is 50.2 Å². The fourth-order valence-electron chi connectivity index (χ4n) is 3.27. The van der Waals surface area contributed by atoms with Crippen molar-refractivity contribution in [2.75, 3.05) is 17.2 Å². The molecule has 0 atom stereocenters. The molecule has 0 aliphatic heterocycles. The van der Waals surface area contributed by atoms with Gasteiger partial charge < -0.3 is 10.6 Å². The molecule has 0 bridgehead atoms. The second kappa shape index (κ2) is 7.60. The number of nitrogen functional groups attached to an aromatic ring is 1. The molecule has 0 fully saturated rings. The molecule has 0 saturated heterocycles. The zero-order valence-corrected chi connectivity index (χ0v) is 16.8. The van der Waals surface area contributed by atoms with Crippen LogP contribution in [-0.4, -0.2) is 22.4 Å². The van der Waals surface area contributed by atoms with Crippen molar-refractivity contribution in [2.45, 2.75) is 13.8 Å². The van der Waals surface area contributed by atoms with E-state index in [2.05, 4.69) is 9.97 Å². The molecule has 4 rings (SSSR count). The quantitative estimate of drug-likeness (QED) is 0.514. The van der Waals surface area contributed by atoms with Gasteiger partial charge >= 0.3 is 0 Å². The van der Waals surface area contributed by atoms with Gasteiger partial charge in [0.2, 0.25) is 0 Å². The number of rotatable bonds is 4. The highest BCUT2D eigenvalue weighted by molar-refractivity contribution is 7.21. The first-order valence-corrected chi connectivity index (χ1v) is 9.99. The summed E-state index contributed by atoms with van der Waals surface area (Å²) in [6.45, 7) is 3.91. The van der Waals surface area contributed by atoms with Crippen LogP contribution in [0.5, 0.6) is 0 Å². The number of halogens is 1. The first kappa shape index (κ1) is 19.0. The Morgan fingerprint density at radius 3 is 2.76 bits per heavy atom. The Hall–Kier alpha value is -3.32. The van der Waals surface area contributed by atoms with Gasteiger partial charge in [0.05, 0.1) is 11.4 Å². The lowest BCUT2D eigenvalue weighted by Crippen LogP contribution is -2.31. The van der Waals surface area contributed by atoms with Gasteiger partial charge in [0.15, 0.2) is 0 Å². The molecule has 0 unspecified atom stereocenters. The number of nitrogens with zero attached hydrogens (tertiary/aromatic N) is 3. The van der Waals surface area contributed by atoms with E-state index >= 15 is 0 Å². The Bertz CT molecular complexity index is 1210. The molecule has 3 heterocycles. The second-order valence-corrected chi connectivity index (χ2v) is 7.57. The molecule has 1 amide bonds. The first-order chi connectivity index (χ1) is 14.0. The van der Waals surface area contributed by atoms with Crippen LogP contribution in [0.25, 0.3) is 21.5 Å². The van der Waals surface area contributed by atoms with Crippen molar-refractivity contribution >= 4 is 38.8 Å². The minimum atomic E-state index is -0.346. The topological polar surface area (TPSA) is 72.1 Å². The third-order valence-electron chi connectivity index (χ3n) is 4.84. The molecule has 3 aromatic heterocycles. The standard InChI is InChI=1S/C22H19FN4OS/c1-3-27(18-8-4-7-16(23)13(18)2)22(28)20-19(24)15-9-10-17(26-21(15)29-20)14-6-5-11-25-12-14/h4-12H,3,24H2,1-2H3. The van der Waals surface area contributed by atoms with Crippen LogP contribution in [0.3, 0.4) is 0 Å². The number of hydrogen-bond donors (Lipinski definition) is 1. The van der Waals surface area contributed by atoms with Crippen LogP contribution in [-0.2, 0) is 0 Å². The third-order valence-corrected chi connectivity index (χ3v) is 5.94. The molecule has 1 aromatic carbocycles. The lowest BCUT2D eigenvalue weighted by atomic mass is 10.1. The first-order valence-electron chi connectivity index (χ1n) is 9.17. The van der Waals surface area contributed by atoms with E-state index in [1.54, 1.807) is 36.4 Å². The summed E-state index contributed by atoms with van der Waals surface area (Å²) in [5, 5.41) is 0.734. The van der Waals surface area contributed by atoms with Crippen LogP contribution in [0.1, 0.15) is 22.2 Å². The van der Waals surface area contributed by atoms with Gasteiger partial charge in [-0.2, -0.15) is 0 Å². The number of thiophene rings is 1. The lowest BCUT2D eigenvalue weighted by Gasteiger charge is -2.22. The number of aromatic nitrogens is 2. The predicted octanol–water partition coefficient (Wildman–Crippen LogP) is 5.05. The summed E-state index contributed by atoms with van der Waals surface area (Å²) in [4.78, 5) is 24.7. The molecule has 0 saturated carbocycles. The van der Waals surface area contributed by atoms with E-state index in [4.69, 9.17) is 5.73 Å². The van der Waals surface area contributed by atoms with Gasteiger partial charge in [-0.1, -0.05) is 6.07 Å². The van der Waals surface area contributed by atoms with Crippen LogP contribution in [0, 0.1) is 12.7 Å². The minimum Gasteiger partial charge on any atom is -0.397 e. The molecule has 29 heavy (non-hydrogen) atoms. The van der Waals surface area contributed by atoms with E-state index in [1.165, 1.54) is 17.4 Å². The van der Waals surface area contributed by atoms with Gasteiger partial charge in [0.25, 0.3) is 5.91 Å². The van der Waals surface area contributed by atoms with Crippen LogP contribution >= 0.6 is 11.3 Å². The minimum absolute atomic E-state index is 0.260. The number of amides is 1. The predicted molar refractivity (Wildman–Crippen MR) is 116 cm³/mol. The maximum atomic E-state index is 14.0. The number of anilines is 2. The van der Waals surface area contributed by atoms with Crippen LogP contribution in [0.4, 0.5) is 15.8 Å². The number of carbonyl (C=O) groups is 1. The van der Waals surface area contributed by atoms with E-state index in [9.17, 15) is 9.18 Å². The summed E-state index contributed by atoms with van der Waals surface area (Å²) >= 11 is 1.25. The van der Waals surface area contributed by atoms with Gasteiger partial charge in [-0.15, -0.1) is 11.3 Å². The molecule has 5 nitrogen and oxygen atoms in total. The van der Waals surface area contributed by atoms with Gasteiger partial charge in [0.1, 0.15) is 15.5 Å². The van der Waals surface area contributed by atoms with Gasteiger partial charge in [-0.3, -0.25) is 9.78 Å². The number of nitrogens with two attached hydrogens (primary N) is 1. The maximum absolute atomic E-state index is 14.0. The molecule has 0 spiro atoms. The normalized spacial score (nSPS) is 11.0. The number of benzene rings is 1. The SMILES string of the molecule is CCN(C(=O)c1sc2nc(-c3cccnc3)ccc2c1N)c1cccc(F)c1C. The molecule has 4 aromatic rings. The maximum Gasteiger partial charge on any atom is 0.270 e. The van der Waals surface area contributed by atoms with Crippen LogP contribution in [0.15, 0.2) is 54.9 Å². The zero-order chi connectivity index (χ0) is 20.5. The van der Waals surface area contributed by atoms with Crippen molar-refractivity contribution in [3.63, 3.8) is 0 Å². The molecular weight excluding hydrogens is 387 g/mol. The Morgan fingerprint density at radius 2 is 2.03 bits per heavy atom. The average Bonchev–Trinajstić information content (AvgIpc) is 3.08. The highest BCUT2D eigenvalue weighted by atomic mass is 32.1. The Labute approximate surface area is 171 Å². The van der Waals surface area contributed by atoms with Gasteiger partial charge in [-0.25, -0.2) is 9.37 Å². The third kappa shape index (κ3) is 3.34. The Morgan fingerprint density at radius 1 is 1.21 bits per heavy atom. The van der Waals surface area contributed by atoms with Crippen molar-refractivity contribution in [1.82, 2.24) is 9.97 Å². The Balaban J connectivity index is 1.77. The average molecular weight is 406 g/mol. The fraction of sp³-hybridized carbons (Fsp3) is 0.136. The van der Waals surface area contributed by atoms with Gasteiger partial charge in [0, 0.05) is 41.1 Å². The molecule has 0 aliphatic carbocycles. The smallest absolute Gasteiger partial charge is 0.270 e. The summed E-state index contributed by atoms with van der Waals surface area (Å²) < 4.78 is 14.0. The van der Waals surface area contributed by atoms with Crippen molar-refractivity contribution in [3.8, 4) is 11.3 Å². The lowest BCUT2D eigenvalue weighted by molar-refractivity contribution is 0.0993. The van der Waals surface area contributed by atoms with Crippen molar-refractivity contribution in [2.24, 2.45) is 0 Å². The molecular formula is C22H19FN4OS. The summed E-state index contributed by atoms with van der Waals surface area (Å²) in [5.41, 5.74) is 9.32. The van der Waals surface area contributed by atoms with Crippen LogP contribution < -0.4 is 10.6 Å². The molecule has 0 aliphatic rings. The van der Waals surface area contributed by atoms with E-state index in [-0.39, 0.29) is 11.7 Å². The summed E-state index contributed by atoms with van der Waals surface area (Å²) in [5.74, 6) is -0.606. The highest BCUT2D eigenvalue weighted by Crippen LogP contribution is 2.36. The monoisotopic (exact) mass is 406 g/mol. The molecule has 0 radical (unpaired) electrons. The summed E-state index contributed by atoms with van der Waals surface area (Å²) in [6, 6.07) is 12.2. The van der Waals surface area contributed by atoms with E-state index < -0.39 is 0 Å². The number of pyridine rings is 2. The Kier molecular flexibility index (Phi) is 4.98. The van der Waals surface area contributed by atoms with E-state index in [1.807, 2.05) is 31.2 Å². The number of hydrogen-bond acceptors (Lipinski definition) is 5. The molecule has 2 N–H and O–H groups in total. The van der Waals surface area contributed by atoms with Crippen molar-refractivity contribution in [1.29, 1.82) is 0 Å². The van der Waals surface area contributed by atoms with Crippen molar-refractivity contribution in [3.05, 3.63) is 71.1 Å². The molecule has 7 heteroatoms. The van der Waals surface area contributed by atoms with E-state index in [0.717, 1.165) is 16.6 Å². The number of fused-ring (bicyclic) bond motifs is 1. The summed E-state index contributed by atoms with van der Waals surface area (Å²) in [6.07, 6.45) is 3.44.